The number of carbonyl (C=O) groups excluding carboxylic acids is 1. The summed E-state index contributed by atoms with van der Waals surface area (Å²) in [7, 11) is 1.29. The van der Waals surface area contributed by atoms with Crippen LogP contribution in [0, 0.1) is 0 Å². The predicted octanol–water partition coefficient (Wildman–Crippen LogP) is 2.44. The Morgan fingerprint density at radius 3 is 2.39 bits per heavy atom. The van der Waals surface area contributed by atoms with Gasteiger partial charge in [0.2, 0.25) is 0 Å². The lowest BCUT2D eigenvalue weighted by Crippen LogP contribution is -2.41. The third-order valence-corrected chi connectivity index (χ3v) is 4.51. The standard InChI is InChI=1S/C17H24BNO4/c1-16(2)17(3,4)23-18(22-16)13(10-19-5)9-14-12(11-20)7-6-8-15(14)21/h6-9,11,19,21H,10H2,1-5H3. The van der Waals surface area contributed by atoms with E-state index in [0.29, 0.717) is 17.7 Å². The normalized spacial score (nSPS) is 19.9. The van der Waals surface area contributed by atoms with Crippen molar-refractivity contribution < 1.29 is 19.2 Å². The second-order valence-electron chi connectivity index (χ2n) is 6.74. The number of nitrogens with one attached hydrogen (secondary N) is 1. The molecule has 23 heavy (non-hydrogen) atoms. The number of aromatic hydroxyl groups is 1. The number of rotatable bonds is 5. The summed E-state index contributed by atoms with van der Waals surface area (Å²) in [6, 6.07) is 4.86. The lowest BCUT2D eigenvalue weighted by Gasteiger charge is -2.32. The van der Waals surface area contributed by atoms with Crippen LogP contribution in [0.4, 0.5) is 0 Å². The van der Waals surface area contributed by atoms with Gasteiger partial charge in [-0.05, 0) is 46.3 Å². The Bertz CT molecular complexity index is 609. The molecule has 1 saturated heterocycles. The molecule has 0 aliphatic carbocycles. The molecular weight excluding hydrogens is 293 g/mol. The minimum Gasteiger partial charge on any atom is -0.507 e. The Hall–Kier alpha value is -1.63. The summed E-state index contributed by atoms with van der Waals surface area (Å²) < 4.78 is 12.1. The van der Waals surface area contributed by atoms with Gasteiger partial charge in [0, 0.05) is 17.7 Å². The van der Waals surface area contributed by atoms with Crippen molar-refractivity contribution in [1.29, 1.82) is 0 Å². The maximum absolute atomic E-state index is 11.2. The Kier molecular flexibility index (Phi) is 4.99. The van der Waals surface area contributed by atoms with Gasteiger partial charge in [-0.2, -0.15) is 0 Å². The third kappa shape index (κ3) is 3.49. The molecule has 5 nitrogen and oxygen atoms in total. The molecule has 1 aromatic rings. The maximum Gasteiger partial charge on any atom is 0.491 e. The molecule has 124 valence electrons. The molecule has 1 fully saturated rings. The molecule has 1 aliphatic heterocycles. The van der Waals surface area contributed by atoms with Gasteiger partial charge >= 0.3 is 7.12 Å². The highest BCUT2D eigenvalue weighted by molar-refractivity contribution is 6.56. The van der Waals surface area contributed by atoms with E-state index in [0.717, 1.165) is 11.8 Å². The Labute approximate surface area is 137 Å². The van der Waals surface area contributed by atoms with Gasteiger partial charge in [0.15, 0.2) is 6.29 Å². The molecule has 1 aliphatic rings. The van der Waals surface area contributed by atoms with Crippen LogP contribution in [-0.4, -0.2) is 43.3 Å². The van der Waals surface area contributed by atoms with Gasteiger partial charge in [-0.15, -0.1) is 0 Å². The Balaban J connectivity index is 2.43. The number of hydrogen-bond acceptors (Lipinski definition) is 5. The fraction of sp³-hybridized carbons (Fsp3) is 0.471. The Morgan fingerprint density at radius 2 is 1.87 bits per heavy atom. The van der Waals surface area contributed by atoms with Crippen molar-refractivity contribution in [3.8, 4) is 5.75 Å². The van der Waals surface area contributed by atoms with E-state index >= 15 is 0 Å². The van der Waals surface area contributed by atoms with Crippen molar-refractivity contribution in [2.24, 2.45) is 0 Å². The number of benzene rings is 1. The van der Waals surface area contributed by atoms with Gasteiger partial charge in [-0.3, -0.25) is 4.79 Å². The lowest BCUT2D eigenvalue weighted by molar-refractivity contribution is 0.00578. The van der Waals surface area contributed by atoms with E-state index < -0.39 is 18.3 Å². The highest BCUT2D eigenvalue weighted by atomic mass is 16.7. The van der Waals surface area contributed by atoms with Crippen molar-refractivity contribution in [3.63, 3.8) is 0 Å². The van der Waals surface area contributed by atoms with Crippen LogP contribution in [0.15, 0.2) is 23.7 Å². The number of carbonyl (C=O) groups is 1. The highest BCUT2D eigenvalue weighted by Crippen LogP contribution is 2.39. The highest BCUT2D eigenvalue weighted by Gasteiger charge is 2.52. The average Bonchev–Trinajstić information content (AvgIpc) is 2.68. The van der Waals surface area contributed by atoms with Crippen LogP contribution in [0.3, 0.4) is 0 Å². The van der Waals surface area contributed by atoms with Gasteiger partial charge in [-0.25, -0.2) is 0 Å². The molecule has 0 spiro atoms. The molecule has 0 unspecified atom stereocenters. The molecular formula is C17H24BNO4. The van der Waals surface area contributed by atoms with Crippen LogP contribution >= 0.6 is 0 Å². The maximum atomic E-state index is 11.2. The number of likely N-dealkylation sites (N-methyl/N-ethyl adjacent to an activating group) is 1. The van der Waals surface area contributed by atoms with Gasteiger partial charge in [0.05, 0.1) is 11.2 Å². The second-order valence-corrected chi connectivity index (χ2v) is 6.74. The summed E-state index contributed by atoms with van der Waals surface area (Å²) >= 11 is 0. The third-order valence-electron chi connectivity index (χ3n) is 4.51. The zero-order chi connectivity index (χ0) is 17.3. The topological polar surface area (TPSA) is 67.8 Å². The molecule has 2 rings (SSSR count). The molecule has 1 aromatic carbocycles. The minimum absolute atomic E-state index is 0.0553. The first-order chi connectivity index (χ1) is 10.7. The van der Waals surface area contributed by atoms with Gasteiger partial charge < -0.3 is 19.7 Å². The minimum atomic E-state index is -0.536. The van der Waals surface area contributed by atoms with E-state index in [-0.39, 0.29) is 5.75 Å². The average molecular weight is 317 g/mol. The van der Waals surface area contributed by atoms with Crippen LogP contribution in [0.25, 0.3) is 6.08 Å². The molecule has 0 atom stereocenters. The van der Waals surface area contributed by atoms with Crippen molar-refractivity contribution in [3.05, 3.63) is 34.8 Å². The van der Waals surface area contributed by atoms with Gasteiger partial charge in [-0.1, -0.05) is 18.2 Å². The van der Waals surface area contributed by atoms with Crippen molar-refractivity contribution in [1.82, 2.24) is 5.32 Å². The van der Waals surface area contributed by atoms with Crippen molar-refractivity contribution in [2.75, 3.05) is 13.6 Å². The summed E-state index contributed by atoms with van der Waals surface area (Å²) in [6.07, 6.45) is 2.49. The smallest absolute Gasteiger partial charge is 0.491 e. The Morgan fingerprint density at radius 1 is 1.26 bits per heavy atom. The molecule has 6 heteroatoms. The number of hydrogen-bond donors (Lipinski definition) is 2. The largest absolute Gasteiger partial charge is 0.507 e. The zero-order valence-electron chi connectivity index (χ0n) is 14.3. The van der Waals surface area contributed by atoms with Crippen LogP contribution in [0.2, 0.25) is 0 Å². The molecule has 0 bridgehead atoms. The molecule has 0 saturated carbocycles. The number of phenols is 1. The van der Waals surface area contributed by atoms with Crippen LogP contribution in [0.5, 0.6) is 5.75 Å². The molecule has 0 radical (unpaired) electrons. The summed E-state index contributed by atoms with van der Waals surface area (Å²) in [5, 5.41) is 13.2. The second kappa shape index (κ2) is 6.47. The SMILES string of the molecule is CNCC(=Cc1c(O)cccc1C=O)B1OC(C)(C)C(C)(C)O1. The molecule has 0 amide bonds. The summed E-state index contributed by atoms with van der Waals surface area (Å²) in [5.41, 5.74) is 0.821. The lowest BCUT2D eigenvalue weighted by atomic mass is 9.76. The van der Waals surface area contributed by atoms with E-state index in [1.165, 1.54) is 0 Å². The molecule has 1 heterocycles. The van der Waals surface area contributed by atoms with Gasteiger partial charge in [0.1, 0.15) is 5.75 Å². The van der Waals surface area contributed by atoms with Gasteiger partial charge in [0.25, 0.3) is 0 Å². The predicted molar refractivity (Wildman–Crippen MR) is 91.5 cm³/mol. The van der Waals surface area contributed by atoms with Crippen LogP contribution < -0.4 is 5.32 Å². The number of phenolic OH excluding ortho intramolecular Hbond substituents is 1. The van der Waals surface area contributed by atoms with E-state index in [1.54, 1.807) is 24.3 Å². The number of aldehydes is 1. The first-order valence-corrected chi connectivity index (χ1v) is 7.69. The monoisotopic (exact) mass is 317 g/mol. The fourth-order valence-electron chi connectivity index (χ4n) is 2.42. The van der Waals surface area contributed by atoms with Crippen LogP contribution in [0.1, 0.15) is 43.6 Å². The van der Waals surface area contributed by atoms with E-state index in [4.69, 9.17) is 9.31 Å². The first kappa shape index (κ1) is 17.7. The van der Waals surface area contributed by atoms with Crippen LogP contribution in [-0.2, 0) is 9.31 Å². The van der Waals surface area contributed by atoms with E-state index in [1.807, 2.05) is 34.7 Å². The summed E-state index contributed by atoms with van der Waals surface area (Å²) in [4.78, 5) is 11.2. The summed E-state index contributed by atoms with van der Waals surface area (Å²) in [6.45, 7) is 8.47. The molecule has 2 N–H and O–H groups in total. The first-order valence-electron chi connectivity index (χ1n) is 7.69. The summed E-state index contributed by atoms with van der Waals surface area (Å²) in [5.74, 6) is 0.0553. The quantitative estimate of drug-likeness (QED) is 0.645. The van der Waals surface area contributed by atoms with E-state index in [2.05, 4.69) is 5.32 Å². The van der Waals surface area contributed by atoms with E-state index in [9.17, 15) is 9.90 Å². The fourth-order valence-corrected chi connectivity index (χ4v) is 2.42. The van der Waals surface area contributed by atoms with Crippen molar-refractivity contribution in [2.45, 2.75) is 38.9 Å². The van der Waals surface area contributed by atoms with Crippen molar-refractivity contribution >= 4 is 19.5 Å². The molecule has 0 aromatic heterocycles. The zero-order valence-corrected chi connectivity index (χ0v) is 14.3.